The fourth-order valence-electron chi connectivity index (χ4n) is 4.67. The molecule has 0 bridgehead atoms. The molecule has 1 fully saturated rings. The number of unbranched alkanes of at least 4 members (excludes halogenated alkanes) is 15. The maximum atomic E-state index is 12.1. The molecule has 0 aliphatic carbocycles. The SMILES string of the molecule is CCCCCCCCCCCCCCCCCCNC(=O)OCC1(COC(=O)NCc2ccccn2)COC1. The maximum Gasteiger partial charge on any atom is 0.407 e. The van der Waals surface area contributed by atoms with Crippen molar-refractivity contribution >= 4 is 12.2 Å². The predicted molar refractivity (Wildman–Crippen MR) is 155 cm³/mol. The molecule has 0 radical (unpaired) electrons. The van der Waals surface area contributed by atoms with Gasteiger partial charge < -0.3 is 24.8 Å². The molecule has 2 amide bonds. The van der Waals surface area contributed by atoms with Crippen molar-refractivity contribution in [3.63, 3.8) is 0 Å². The standard InChI is InChI=1S/C31H53N3O5/c1-2-3-4-5-6-7-8-9-10-11-12-13-14-15-16-18-22-33-29(35)38-26-31(24-37-25-31)27-39-30(36)34-23-28-20-17-19-21-32-28/h17,19-21H,2-16,18,22-27H2,1H3,(H,33,35)(H,34,36). The monoisotopic (exact) mass is 547 g/mol. The Balaban J connectivity index is 1.37. The lowest BCUT2D eigenvalue weighted by atomic mass is 9.88. The van der Waals surface area contributed by atoms with Gasteiger partial charge in [0.15, 0.2) is 0 Å². The summed E-state index contributed by atoms with van der Waals surface area (Å²) in [7, 11) is 0. The van der Waals surface area contributed by atoms with Crippen molar-refractivity contribution in [1.29, 1.82) is 0 Å². The quantitative estimate of drug-likeness (QED) is 0.139. The van der Waals surface area contributed by atoms with Crippen molar-refractivity contribution in [1.82, 2.24) is 15.6 Å². The van der Waals surface area contributed by atoms with Crippen LogP contribution in [0.5, 0.6) is 0 Å². The molecule has 0 spiro atoms. The zero-order valence-electron chi connectivity index (χ0n) is 24.4. The van der Waals surface area contributed by atoms with Gasteiger partial charge in [0.2, 0.25) is 0 Å². The fourth-order valence-corrected chi connectivity index (χ4v) is 4.67. The topological polar surface area (TPSA) is 98.8 Å². The highest BCUT2D eigenvalue weighted by atomic mass is 16.6. The minimum Gasteiger partial charge on any atom is -0.449 e. The van der Waals surface area contributed by atoms with Gasteiger partial charge in [0.1, 0.15) is 13.2 Å². The van der Waals surface area contributed by atoms with Gasteiger partial charge in [0.25, 0.3) is 0 Å². The zero-order chi connectivity index (χ0) is 27.9. The molecule has 8 nitrogen and oxygen atoms in total. The van der Waals surface area contributed by atoms with Gasteiger partial charge >= 0.3 is 12.2 Å². The summed E-state index contributed by atoms with van der Waals surface area (Å²) in [6.45, 7) is 4.27. The summed E-state index contributed by atoms with van der Waals surface area (Å²) in [5.41, 5.74) is 0.272. The molecule has 1 saturated heterocycles. The molecule has 2 rings (SSSR count). The number of rotatable bonds is 23. The number of amides is 2. The Morgan fingerprint density at radius 2 is 1.28 bits per heavy atom. The van der Waals surface area contributed by atoms with Gasteiger partial charge in [-0.1, -0.05) is 109 Å². The molecule has 1 aliphatic rings. The number of carbonyl (C=O) groups excluding carboxylic acids is 2. The molecular weight excluding hydrogens is 494 g/mol. The molecule has 222 valence electrons. The van der Waals surface area contributed by atoms with Crippen molar-refractivity contribution in [3.8, 4) is 0 Å². The first-order valence-electron chi connectivity index (χ1n) is 15.4. The van der Waals surface area contributed by atoms with E-state index in [9.17, 15) is 9.59 Å². The third-order valence-corrected chi connectivity index (χ3v) is 7.28. The van der Waals surface area contributed by atoms with Gasteiger partial charge in [-0.3, -0.25) is 4.98 Å². The van der Waals surface area contributed by atoms with E-state index in [2.05, 4.69) is 22.5 Å². The van der Waals surface area contributed by atoms with Gasteiger partial charge in [-0.25, -0.2) is 9.59 Å². The van der Waals surface area contributed by atoms with Gasteiger partial charge in [0.05, 0.1) is 30.9 Å². The van der Waals surface area contributed by atoms with Crippen LogP contribution in [0.3, 0.4) is 0 Å². The van der Waals surface area contributed by atoms with E-state index in [0.29, 0.717) is 26.3 Å². The van der Waals surface area contributed by atoms with E-state index < -0.39 is 17.6 Å². The minimum absolute atomic E-state index is 0.132. The van der Waals surface area contributed by atoms with Gasteiger partial charge in [-0.15, -0.1) is 0 Å². The first-order valence-corrected chi connectivity index (χ1v) is 15.4. The van der Waals surface area contributed by atoms with Gasteiger partial charge in [0, 0.05) is 12.7 Å². The van der Waals surface area contributed by atoms with Crippen molar-refractivity contribution in [2.24, 2.45) is 5.41 Å². The first-order chi connectivity index (χ1) is 19.1. The van der Waals surface area contributed by atoms with Crippen LogP contribution in [0.4, 0.5) is 9.59 Å². The molecule has 1 aromatic rings. The molecule has 0 aromatic carbocycles. The van der Waals surface area contributed by atoms with Crippen LogP contribution < -0.4 is 10.6 Å². The first kappa shape index (κ1) is 32.9. The third-order valence-electron chi connectivity index (χ3n) is 7.28. The van der Waals surface area contributed by atoms with E-state index in [1.165, 1.54) is 89.9 Å². The lowest BCUT2D eigenvalue weighted by Gasteiger charge is -2.39. The van der Waals surface area contributed by atoms with E-state index in [1.807, 2.05) is 18.2 Å². The average Bonchev–Trinajstić information content (AvgIpc) is 2.93. The number of carbonyl (C=O) groups is 2. The second-order valence-electron chi connectivity index (χ2n) is 11.0. The summed E-state index contributed by atoms with van der Waals surface area (Å²) in [4.78, 5) is 28.2. The number of hydrogen-bond acceptors (Lipinski definition) is 6. The lowest BCUT2D eigenvalue weighted by Crippen LogP contribution is -2.51. The van der Waals surface area contributed by atoms with Crippen LogP contribution >= 0.6 is 0 Å². The van der Waals surface area contributed by atoms with E-state index in [0.717, 1.165) is 18.5 Å². The van der Waals surface area contributed by atoms with E-state index >= 15 is 0 Å². The number of aromatic nitrogens is 1. The Labute approximate surface area is 236 Å². The third kappa shape index (κ3) is 16.4. The largest absolute Gasteiger partial charge is 0.449 e. The predicted octanol–water partition coefficient (Wildman–Crippen LogP) is 7.31. The molecule has 1 aliphatic heterocycles. The number of nitrogens with zero attached hydrogens (tertiary/aromatic N) is 1. The van der Waals surface area contributed by atoms with Crippen LogP contribution in [0, 0.1) is 5.41 Å². The van der Waals surface area contributed by atoms with Gasteiger partial charge in [-0.05, 0) is 18.6 Å². The molecule has 0 saturated carbocycles. The lowest BCUT2D eigenvalue weighted by molar-refractivity contribution is -0.158. The Kier molecular flexibility index (Phi) is 18.1. The zero-order valence-corrected chi connectivity index (χ0v) is 24.4. The van der Waals surface area contributed by atoms with Gasteiger partial charge in [-0.2, -0.15) is 0 Å². The van der Waals surface area contributed by atoms with Crippen LogP contribution in [0.25, 0.3) is 0 Å². The number of nitrogens with one attached hydrogen (secondary N) is 2. The summed E-state index contributed by atoms with van der Waals surface area (Å²) in [6, 6.07) is 5.51. The highest BCUT2D eigenvalue weighted by Crippen LogP contribution is 2.28. The molecule has 2 N–H and O–H groups in total. The van der Waals surface area contributed by atoms with Crippen molar-refractivity contribution in [2.75, 3.05) is 33.0 Å². The van der Waals surface area contributed by atoms with Crippen molar-refractivity contribution < 1.29 is 23.8 Å². The number of hydrogen-bond donors (Lipinski definition) is 2. The van der Waals surface area contributed by atoms with Crippen molar-refractivity contribution in [3.05, 3.63) is 30.1 Å². The van der Waals surface area contributed by atoms with E-state index in [1.54, 1.807) is 6.20 Å². The molecule has 8 heteroatoms. The summed E-state index contributed by atoms with van der Waals surface area (Å²) >= 11 is 0. The minimum atomic E-state index is -0.528. The maximum absolute atomic E-state index is 12.1. The van der Waals surface area contributed by atoms with Crippen LogP contribution in [0.2, 0.25) is 0 Å². The molecule has 1 aromatic heterocycles. The van der Waals surface area contributed by atoms with E-state index in [4.69, 9.17) is 14.2 Å². The summed E-state index contributed by atoms with van der Waals surface area (Å²) in [6.07, 6.45) is 21.9. The normalized spacial score (nSPS) is 13.9. The number of alkyl carbamates (subject to hydrolysis) is 2. The second kappa shape index (κ2) is 21.5. The van der Waals surface area contributed by atoms with E-state index in [-0.39, 0.29) is 13.2 Å². The average molecular weight is 548 g/mol. The Hall–Kier alpha value is -2.35. The number of ether oxygens (including phenoxy) is 3. The van der Waals surface area contributed by atoms with Crippen molar-refractivity contribution in [2.45, 2.75) is 116 Å². The Morgan fingerprint density at radius 1 is 0.769 bits per heavy atom. The van der Waals surface area contributed by atoms with Crippen LogP contribution in [-0.2, 0) is 20.8 Å². The highest BCUT2D eigenvalue weighted by Gasteiger charge is 2.41. The Morgan fingerprint density at radius 3 is 1.74 bits per heavy atom. The van der Waals surface area contributed by atoms with Crippen LogP contribution in [-0.4, -0.2) is 50.1 Å². The second-order valence-corrected chi connectivity index (χ2v) is 11.0. The van der Waals surface area contributed by atoms with Crippen LogP contribution in [0.15, 0.2) is 24.4 Å². The Bertz CT molecular complexity index is 758. The molecule has 0 unspecified atom stereocenters. The summed E-state index contributed by atoms with van der Waals surface area (Å²) in [5, 5.41) is 5.50. The summed E-state index contributed by atoms with van der Waals surface area (Å²) < 4.78 is 16.0. The highest BCUT2D eigenvalue weighted by molar-refractivity contribution is 5.67. The van der Waals surface area contributed by atoms with Crippen LogP contribution in [0.1, 0.15) is 115 Å². The molecule has 39 heavy (non-hydrogen) atoms. The number of pyridine rings is 1. The fraction of sp³-hybridized carbons (Fsp3) is 0.774. The molecular formula is C31H53N3O5. The smallest absolute Gasteiger partial charge is 0.407 e. The summed E-state index contributed by atoms with van der Waals surface area (Å²) in [5.74, 6) is 0. The molecule has 0 atom stereocenters. The molecule has 2 heterocycles.